The number of pyridine rings is 1. The standard InChI is InChI=1S/C20H18ClF3N4/c21-17-2-1-9-26-19(17)27-10-8-16-13(12-27)7-11-28(18(16)25)15-5-3-14(4-6-15)20(22,23)24/h1-7,9,16,25H,8,10-12H2. The predicted molar refractivity (Wildman–Crippen MR) is 104 cm³/mol. The molecule has 1 fully saturated rings. The molecule has 0 aliphatic carbocycles. The number of amidine groups is 1. The van der Waals surface area contributed by atoms with Crippen molar-refractivity contribution in [3.63, 3.8) is 0 Å². The lowest BCUT2D eigenvalue weighted by molar-refractivity contribution is -0.137. The van der Waals surface area contributed by atoms with Crippen molar-refractivity contribution in [2.24, 2.45) is 5.92 Å². The summed E-state index contributed by atoms with van der Waals surface area (Å²) in [5.41, 5.74) is 1.04. The van der Waals surface area contributed by atoms with Crippen LogP contribution in [0.1, 0.15) is 12.0 Å². The summed E-state index contributed by atoms with van der Waals surface area (Å²) < 4.78 is 38.3. The van der Waals surface area contributed by atoms with Crippen LogP contribution in [0, 0.1) is 11.3 Å². The molecule has 1 aromatic carbocycles. The fourth-order valence-corrected chi connectivity index (χ4v) is 4.00. The van der Waals surface area contributed by atoms with Crippen molar-refractivity contribution in [3.05, 3.63) is 64.8 Å². The summed E-state index contributed by atoms with van der Waals surface area (Å²) in [5.74, 6) is 1.11. The van der Waals surface area contributed by atoms with E-state index in [1.54, 1.807) is 23.2 Å². The molecular formula is C20H18ClF3N4. The second-order valence-electron chi connectivity index (χ2n) is 6.89. The first-order chi connectivity index (χ1) is 13.3. The Balaban J connectivity index is 1.53. The largest absolute Gasteiger partial charge is 0.416 e. The Labute approximate surface area is 165 Å². The molecule has 0 spiro atoms. The lowest BCUT2D eigenvalue weighted by Gasteiger charge is -2.41. The number of nitrogens with zero attached hydrogens (tertiary/aromatic N) is 3. The third kappa shape index (κ3) is 3.46. The van der Waals surface area contributed by atoms with Gasteiger partial charge in [-0.15, -0.1) is 0 Å². The zero-order valence-electron chi connectivity index (χ0n) is 14.9. The van der Waals surface area contributed by atoms with E-state index >= 15 is 0 Å². The van der Waals surface area contributed by atoms with Gasteiger partial charge in [0.15, 0.2) is 0 Å². The number of nitrogens with one attached hydrogen (secondary N) is 1. The molecule has 1 N–H and O–H groups in total. The third-order valence-corrected chi connectivity index (χ3v) is 5.51. The van der Waals surface area contributed by atoms with Gasteiger partial charge in [0.25, 0.3) is 0 Å². The van der Waals surface area contributed by atoms with Gasteiger partial charge in [0.05, 0.1) is 10.6 Å². The first-order valence-electron chi connectivity index (χ1n) is 8.92. The molecule has 1 unspecified atom stereocenters. The van der Waals surface area contributed by atoms with E-state index in [0.717, 1.165) is 29.9 Å². The summed E-state index contributed by atoms with van der Waals surface area (Å²) in [6, 6.07) is 8.58. The molecule has 2 aliphatic rings. The van der Waals surface area contributed by atoms with Crippen molar-refractivity contribution in [1.29, 1.82) is 5.41 Å². The molecule has 8 heteroatoms. The topological polar surface area (TPSA) is 43.2 Å². The first kappa shape index (κ1) is 18.8. The molecule has 146 valence electrons. The Hall–Kier alpha value is -2.54. The SMILES string of the molecule is N=C1C2CCN(c3ncccc3Cl)CC2=CCN1c1ccc(C(F)(F)F)cc1. The van der Waals surface area contributed by atoms with Gasteiger partial charge in [0.1, 0.15) is 11.7 Å². The highest BCUT2D eigenvalue weighted by Crippen LogP contribution is 2.35. The number of hydrogen-bond acceptors (Lipinski definition) is 3. The van der Waals surface area contributed by atoms with Gasteiger partial charge in [-0.1, -0.05) is 17.7 Å². The van der Waals surface area contributed by atoms with Gasteiger partial charge in [-0.25, -0.2) is 4.98 Å². The zero-order chi connectivity index (χ0) is 19.9. The van der Waals surface area contributed by atoms with Crippen molar-refractivity contribution in [3.8, 4) is 0 Å². The molecule has 1 saturated heterocycles. The average Bonchev–Trinajstić information content (AvgIpc) is 2.68. The van der Waals surface area contributed by atoms with Crippen LogP contribution < -0.4 is 9.80 Å². The normalized spacial score (nSPS) is 20.1. The molecule has 0 bridgehead atoms. The van der Waals surface area contributed by atoms with Crippen LogP contribution in [0.15, 0.2) is 54.2 Å². The van der Waals surface area contributed by atoms with Gasteiger partial charge in [0.2, 0.25) is 0 Å². The van der Waals surface area contributed by atoms with Gasteiger partial charge in [-0.3, -0.25) is 5.41 Å². The van der Waals surface area contributed by atoms with Crippen LogP contribution in [-0.2, 0) is 6.18 Å². The van der Waals surface area contributed by atoms with E-state index in [0.29, 0.717) is 36.2 Å². The monoisotopic (exact) mass is 406 g/mol. The molecule has 2 aromatic rings. The lowest BCUT2D eigenvalue weighted by Crippen LogP contribution is -2.47. The second-order valence-corrected chi connectivity index (χ2v) is 7.30. The summed E-state index contributed by atoms with van der Waals surface area (Å²) in [7, 11) is 0. The fourth-order valence-electron chi connectivity index (χ4n) is 3.76. The second kappa shape index (κ2) is 7.13. The Morgan fingerprint density at radius 2 is 1.89 bits per heavy atom. The van der Waals surface area contributed by atoms with E-state index in [1.807, 2.05) is 0 Å². The van der Waals surface area contributed by atoms with E-state index in [-0.39, 0.29) is 5.92 Å². The molecule has 2 aliphatic heterocycles. The maximum absolute atomic E-state index is 12.8. The molecule has 4 nitrogen and oxygen atoms in total. The van der Waals surface area contributed by atoms with Crippen LogP contribution in [0.25, 0.3) is 0 Å². The number of aromatic nitrogens is 1. The smallest absolute Gasteiger partial charge is 0.351 e. The van der Waals surface area contributed by atoms with Crippen molar-refractivity contribution >= 4 is 28.9 Å². The molecule has 28 heavy (non-hydrogen) atoms. The van der Waals surface area contributed by atoms with Gasteiger partial charge in [-0.05, 0) is 48.4 Å². The Kier molecular flexibility index (Phi) is 4.79. The van der Waals surface area contributed by atoms with Crippen molar-refractivity contribution in [2.45, 2.75) is 12.6 Å². The maximum Gasteiger partial charge on any atom is 0.416 e. The van der Waals surface area contributed by atoms with Crippen LogP contribution in [0.5, 0.6) is 0 Å². The number of fused-ring (bicyclic) bond motifs is 1. The van der Waals surface area contributed by atoms with Crippen LogP contribution >= 0.6 is 11.6 Å². The Morgan fingerprint density at radius 1 is 1.14 bits per heavy atom. The number of piperidine rings is 1. The number of anilines is 2. The average molecular weight is 407 g/mol. The van der Waals surface area contributed by atoms with Crippen LogP contribution in [0.2, 0.25) is 5.02 Å². The maximum atomic E-state index is 12.8. The van der Waals surface area contributed by atoms with Crippen molar-refractivity contribution < 1.29 is 13.2 Å². The van der Waals surface area contributed by atoms with E-state index in [9.17, 15) is 13.2 Å². The minimum Gasteiger partial charge on any atom is -0.351 e. The highest BCUT2D eigenvalue weighted by Gasteiger charge is 2.35. The predicted octanol–water partition coefficient (Wildman–Crippen LogP) is 5.00. The number of alkyl halides is 3. The highest BCUT2D eigenvalue weighted by atomic mass is 35.5. The summed E-state index contributed by atoms with van der Waals surface area (Å²) in [6.07, 6.45) is 0.135. The summed E-state index contributed by atoms with van der Waals surface area (Å²) in [6.45, 7) is 1.81. The van der Waals surface area contributed by atoms with E-state index in [2.05, 4.69) is 16.0 Å². The van der Waals surface area contributed by atoms with Gasteiger partial charge >= 0.3 is 6.18 Å². The van der Waals surface area contributed by atoms with Crippen molar-refractivity contribution in [1.82, 2.24) is 4.98 Å². The Morgan fingerprint density at radius 3 is 2.57 bits per heavy atom. The molecule has 0 amide bonds. The minimum atomic E-state index is -4.36. The van der Waals surface area contributed by atoms with Crippen LogP contribution in [-0.4, -0.2) is 30.5 Å². The molecular weight excluding hydrogens is 389 g/mol. The summed E-state index contributed by atoms with van der Waals surface area (Å²) in [5, 5.41) is 9.20. The zero-order valence-corrected chi connectivity index (χ0v) is 15.6. The van der Waals surface area contributed by atoms with Crippen LogP contribution in [0.3, 0.4) is 0 Å². The number of hydrogen-bond donors (Lipinski definition) is 1. The number of halogens is 4. The van der Waals surface area contributed by atoms with E-state index < -0.39 is 11.7 Å². The Bertz CT molecular complexity index is 924. The van der Waals surface area contributed by atoms with Crippen LogP contribution in [0.4, 0.5) is 24.7 Å². The van der Waals surface area contributed by atoms with Gasteiger partial charge in [-0.2, -0.15) is 13.2 Å². The molecule has 4 rings (SSSR count). The quantitative estimate of drug-likeness (QED) is 0.713. The minimum absolute atomic E-state index is 0.0465. The number of rotatable bonds is 2. The number of benzene rings is 1. The van der Waals surface area contributed by atoms with Gasteiger partial charge in [0, 0.05) is 37.4 Å². The molecule has 1 atom stereocenters. The summed E-state index contributed by atoms with van der Waals surface area (Å²) >= 11 is 6.26. The molecule has 1 aromatic heterocycles. The summed E-state index contributed by atoms with van der Waals surface area (Å²) in [4.78, 5) is 8.22. The fraction of sp³-hybridized carbons (Fsp3) is 0.300. The molecule has 3 heterocycles. The first-order valence-corrected chi connectivity index (χ1v) is 9.30. The van der Waals surface area contributed by atoms with Crippen molar-refractivity contribution in [2.75, 3.05) is 29.4 Å². The van der Waals surface area contributed by atoms with E-state index in [1.165, 1.54) is 12.1 Å². The van der Waals surface area contributed by atoms with Gasteiger partial charge < -0.3 is 9.80 Å². The highest BCUT2D eigenvalue weighted by molar-refractivity contribution is 6.32. The molecule has 0 radical (unpaired) electrons. The van der Waals surface area contributed by atoms with E-state index in [4.69, 9.17) is 17.0 Å². The third-order valence-electron chi connectivity index (χ3n) is 5.21. The lowest BCUT2D eigenvalue weighted by atomic mass is 9.86. The molecule has 0 saturated carbocycles.